The first-order chi connectivity index (χ1) is 24.2. The predicted octanol–water partition coefficient (Wildman–Crippen LogP) is 6.65. The highest BCUT2D eigenvalue weighted by atomic mass is 32.1. The SMILES string of the molecule is CCO[C@H](C[C@H](C(C)C)N(C)C(=O)[C@@H](CC(=O)C12CC(CCN1C)C2)[C@@H](C)CC)c1nc(C(=O)N[C@@H](Cc2ccccc2)C[C@H](C)C(=O)O)cs1. The number of rotatable bonds is 20. The number of carbonyl (C=O) groups is 4. The number of hydrogen-bond donors (Lipinski definition) is 2. The molecule has 2 N–H and O–H groups in total. The molecule has 3 heterocycles. The molecule has 2 saturated heterocycles. The summed E-state index contributed by atoms with van der Waals surface area (Å²) in [6, 6.07) is 9.12. The molecule has 1 aromatic heterocycles. The van der Waals surface area contributed by atoms with Crippen LogP contribution < -0.4 is 5.32 Å². The minimum absolute atomic E-state index is 0.00311. The van der Waals surface area contributed by atoms with Crippen LogP contribution >= 0.6 is 11.3 Å². The molecule has 2 amide bonds. The Morgan fingerprint density at radius 3 is 2.37 bits per heavy atom. The largest absolute Gasteiger partial charge is 0.481 e. The van der Waals surface area contributed by atoms with E-state index in [1.807, 2.05) is 49.2 Å². The third-order valence-electron chi connectivity index (χ3n) is 11.6. The minimum Gasteiger partial charge on any atom is -0.481 e. The fourth-order valence-corrected chi connectivity index (χ4v) is 8.89. The fraction of sp³-hybridized carbons (Fsp3) is 0.675. The number of aromatic nitrogens is 1. The Hall–Kier alpha value is -3.15. The third-order valence-corrected chi connectivity index (χ3v) is 12.6. The maximum atomic E-state index is 14.3. The third kappa shape index (κ3) is 9.84. The lowest BCUT2D eigenvalue weighted by Gasteiger charge is -2.57. The maximum absolute atomic E-state index is 14.3. The van der Waals surface area contributed by atoms with Crippen molar-refractivity contribution in [3.05, 3.63) is 52.0 Å². The van der Waals surface area contributed by atoms with Crippen LogP contribution in [0.3, 0.4) is 0 Å². The van der Waals surface area contributed by atoms with E-state index in [-0.39, 0.29) is 54.0 Å². The molecule has 2 aromatic rings. The first-order valence-corrected chi connectivity index (χ1v) is 19.7. The molecule has 5 rings (SSSR count). The van der Waals surface area contributed by atoms with E-state index in [2.05, 4.69) is 45.0 Å². The summed E-state index contributed by atoms with van der Waals surface area (Å²) >= 11 is 1.35. The standard InChI is InChI=1S/C40H60N4O6S/c1-9-26(5)31(20-35(45)40-22-29(23-40)16-17-43(40)7)38(47)44(8)33(25(3)4)21-34(50-10-2)37-42-32(24-51-37)36(46)41-30(18-27(6)39(48)49)19-28-14-12-11-13-15-28/h11-15,24-27,29-31,33-34H,9-10,16-23H2,1-8H3,(H,41,46)(H,48,49)/t26-,27-,29?,30+,31-,33+,34+,40?/m0/s1. The van der Waals surface area contributed by atoms with Gasteiger partial charge in [0, 0.05) is 49.9 Å². The summed E-state index contributed by atoms with van der Waals surface area (Å²) in [4.78, 5) is 62.2. The average molecular weight is 725 g/mol. The zero-order valence-electron chi connectivity index (χ0n) is 31.9. The van der Waals surface area contributed by atoms with Gasteiger partial charge in [0.05, 0.1) is 11.5 Å². The number of piperidine rings is 2. The maximum Gasteiger partial charge on any atom is 0.306 e. The molecule has 0 radical (unpaired) electrons. The summed E-state index contributed by atoms with van der Waals surface area (Å²) < 4.78 is 6.23. The van der Waals surface area contributed by atoms with E-state index in [0.717, 1.165) is 37.8 Å². The fourth-order valence-electron chi connectivity index (χ4n) is 8.03. The Morgan fingerprint density at radius 1 is 1.10 bits per heavy atom. The summed E-state index contributed by atoms with van der Waals surface area (Å²) in [6.45, 7) is 13.3. The van der Waals surface area contributed by atoms with Crippen molar-refractivity contribution in [2.24, 2.45) is 29.6 Å². The van der Waals surface area contributed by atoms with Gasteiger partial charge in [-0.15, -0.1) is 11.3 Å². The highest BCUT2D eigenvalue weighted by Crippen LogP contribution is 2.49. The van der Waals surface area contributed by atoms with Crippen molar-refractivity contribution in [2.45, 2.75) is 117 Å². The van der Waals surface area contributed by atoms with Crippen LogP contribution in [-0.2, 0) is 25.5 Å². The van der Waals surface area contributed by atoms with E-state index in [1.54, 1.807) is 12.3 Å². The van der Waals surface area contributed by atoms with E-state index in [1.165, 1.54) is 11.3 Å². The van der Waals surface area contributed by atoms with Crippen molar-refractivity contribution in [1.29, 1.82) is 0 Å². The number of carboxylic acid groups (broad SMARTS) is 1. The second-order valence-corrected chi connectivity index (χ2v) is 16.4. The summed E-state index contributed by atoms with van der Waals surface area (Å²) in [7, 11) is 3.91. The van der Waals surface area contributed by atoms with Gasteiger partial charge >= 0.3 is 5.97 Å². The first kappa shape index (κ1) is 40.6. The minimum atomic E-state index is -0.906. The van der Waals surface area contributed by atoms with Crippen molar-refractivity contribution in [2.75, 3.05) is 27.2 Å². The molecule has 2 bridgehead atoms. The van der Waals surface area contributed by atoms with E-state index < -0.39 is 35.5 Å². The smallest absolute Gasteiger partial charge is 0.306 e. The van der Waals surface area contributed by atoms with Gasteiger partial charge in [-0.05, 0) is 75.9 Å². The predicted molar refractivity (Wildman–Crippen MR) is 201 cm³/mol. The van der Waals surface area contributed by atoms with Crippen molar-refractivity contribution in [3.8, 4) is 0 Å². The number of fused-ring (bicyclic) bond motifs is 2. The number of carboxylic acids is 1. The van der Waals surface area contributed by atoms with Gasteiger partial charge in [-0.1, -0.05) is 71.4 Å². The number of hydrogen-bond acceptors (Lipinski definition) is 8. The number of likely N-dealkylation sites (N-methyl/N-ethyl adjacent to an activating group) is 1. The van der Waals surface area contributed by atoms with Crippen molar-refractivity contribution >= 4 is 34.9 Å². The molecule has 1 aromatic carbocycles. The van der Waals surface area contributed by atoms with Crippen molar-refractivity contribution in [1.82, 2.24) is 20.1 Å². The van der Waals surface area contributed by atoms with Crippen molar-refractivity contribution in [3.63, 3.8) is 0 Å². The molecule has 0 spiro atoms. The van der Waals surface area contributed by atoms with Gasteiger partial charge < -0.3 is 20.1 Å². The molecule has 282 valence electrons. The van der Waals surface area contributed by atoms with E-state index in [4.69, 9.17) is 9.72 Å². The number of benzene rings is 1. The lowest BCUT2D eigenvalue weighted by Crippen LogP contribution is -2.65. The Bertz CT molecular complexity index is 1470. The van der Waals surface area contributed by atoms with Crippen LogP contribution in [0.15, 0.2) is 35.7 Å². The summed E-state index contributed by atoms with van der Waals surface area (Å²) in [5, 5.41) is 15.0. The van der Waals surface area contributed by atoms with Gasteiger partial charge in [-0.25, -0.2) is 4.98 Å². The lowest BCUT2D eigenvalue weighted by molar-refractivity contribution is -0.153. The highest BCUT2D eigenvalue weighted by molar-refractivity contribution is 7.09. The Morgan fingerprint density at radius 2 is 1.78 bits per heavy atom. The number of thiazole rings is 1. The molecular formula is C40H60N4O6S. The van der Waals surface area contributed by atoms with E-state index in [0.29, 0.717) is 30.4 Å². The van der Waals surface area contributed by atoms with E-state index >= 15 is 0 Å². The molecule has 3 fully saturated rings. The zero-order chi connectivity index (χ0) is 37.5. The molecule has 3 aliphatic rings. The zero-order valence-corrected chi connectivity index (χ0v) is 32.7. The molecule has 6 atom stereocenters. The topological polar surface area (TPSA) is 129 Å². The first-order valence-electron chi connectivity index (χ1n) is 18.9. The lowest BCUT2D eigenvalue weighted by atomic mass is 9.59. The van der Waals surface area contributed by atoms with Gasteiger partial charge in [0.15, 0.2) is 5.78 Å². The molecule has 1 saturated carbocycles. The molecular weight excluding hydrogens is 665 g/mol. The second-order valence-electron chi connectivity index (χ2n) is 15.5. The monoisotopic (exact) mass is 724 g/mol. The van der Waals surface area contributed by atoms with Gasteiger partial charge in [-0.2, -0.15) is 0 Å². The van der Waals surface area contributed by atoms with Crippen molar-refractivity contribution < 1.29 is 29.0 Å². The summed E-state index contributed by atoms with van der Waals surface area (Å²) in [5.74, 6) is -1.30. The number of ketones is 1. The van der Waals surface area contributed by atoms with Crippen LogP contribution in [0.4, 0.5) is 0 Å². The van der Waals surface area contributed by atoms with Gasteiger partial charge in [0.1, 0.15) is 16.8 Å². The number of ether oxygens (including phenoxy) is 1. The van der Waals surface area contributed by atoms with Gasteiger partial charge in [-0.3, -0.25) is 24.1 Å². The average Bonchev–Trinajstić information content (AvgIpc) is 3.58. The van der Waals surface area contributed by atoms with Crippen LogP contribution in [0.5, 0.6) is 0 Å². The Labute approximate surface area is 308 Å². The number of amides is 2. The van der Waals surface area contributed by atoms with Crippen LogP contribution in [0.2, 0.25) is 0 Å². The molecule has 10 nitrogen and oxygen atoms in total. The number of aliphatic carboxylic acids is 1. The molecule has 51 heavy (non-hydrogen) atoms. The van der Waals surface area contributed by atoms with Crippen LogP contribution in [0, 0.1) is 29.6 Å². The molecule has 0 unspecified atom stereocenters. The Kier molecular flexibility index (Phi) is 14.4. The van der Waals surface area contributed by atoms with Crippen LogP contribution in [-0.4, -0.2) is 88.3 Å². The second kappa shape index (κ2) is 18.1. The molecule has 11 heteroatoms. The normalized spacial score (nSPS) is 22.3. The molecule has 1 aliphatic carbocycles. The quantitative estimate of drug-likeness (QED) is 0.155. The number of Topliss-reactive ketones (excluding diaryl/α,β-unsaturated/α-hetero) is 1. The number of nitrogens with one attached hydrogen (secondary N) is 1. The number of nitrogens with zero attached hydrogens (tertiary/aromatic N) is 3. The molecule has 2 aliphatic heterocycles. The van der Waals surface area contributed by atoms with Gasteiger partial charge in [0.2, 0.25) is 5.91 Å². The number of carbonyl (C=O) groups excluding carboxylic acids is 3. The van der Waals surface area contributed by atoms with E-state index in [9.17, 15) is 24.3 Å². The highest BCUT2D eigenvalue weighted by Gasteiger charge is 2.55. The summed E-state index contributed by atoms with van der Waals surface area (Å²) in [5.41, 5.74) is 0.856. The van der Waals surface area contributed by atoms with Crippen LogP contribution in [0.25, 0.3) is 0 Å². The van der Waals surface area contributed by atoms with Crippen LogP contribution in [0.1, 0.15) is 114 Å². The Balaban J connectivity index is 1.48. The summed E-state index contributed by atoms with van der Waals surface area (Å²) in [6.07, 6.45) is 4.86. The van der Waals surface area contributed by atoms with Gasteiger partial charge in [0.25, 0.3) is 5.91 Å².